The van der Waals surface area contributed by atoms with E-state index in [0.29, 0.717) is 31.9 Å². The zero-order valence-electron chi connectivity index (χ0n) is 14.9. The molecule has 0 saturated carbocycles. The van der Waals surface area contributed by atoms with Crippen molar-refractivity contribution in [3.8, 4) is 0 Å². The van der Waals surface area contributed by atoms with Crippen molar-refractivity contribution in [1.29, 1.82) is 0 Å². The van der Waals surface area contributed by atoms with E-state index in [-0.39, 0.29) is 29.5 Å². The van der Waals surface area contributed by atoms with Crippen LogP contribution >= 0.6 is 0 Å². The van der Waals surface area contributed by atoms with E-state index >= 15 is 0 Å². The minimum atomic E-state index is -3.20. The third kappa shape index (κ3) is 3.80. The third-order valence-electron chi connectivity index (χ3n) is 5.17. The normalized spacial score (nSPS) is 24.0. The molecule has 0 bridgehead atoms. The zero-order valence-corrected chi connectivity index (χ0v) is 15.7. The second-order valence-electron chi connectivity index (χ2n) is 6.94. The van der Waals surface area contributed by atoms with E-state index in [1.165, 1.54) is 0 Å². The van der Waals surface area contributed by atoms with Crippen molar-refractivity contribution in [2.75, 3.05) is 29.5 Å². The largest absolute Gasteiger partial charge is 0.337 e. The van der Waals surface area contributed by atoms with Gasteiger partial charge in [0.15, 0.2) is 9.84 Å². The summed E-state index contributed by atoms with van der Waals surface area (Å²) in [5.41, 5.74) is 0. The van der Waals surface area contributed by atoms with Crippen molar-refractivity contribution in [1.82, 2.24) is 24.4 Å². The summed E-state index contributed by atoms with van der Waals surface area (Å²) in [5.74, 6) is 0.580. The van der Waals surface area contributed by atoms with Crippen LogP contribution in [0.5, 0.6) is 0 Å². The molecule has 144 valence electrons. The summed E-state index contributed by atoms with van der Waals surface area (Å²) in [5, 5.41) is 0. The first-order valence-electron chi connectivity index (χ1n) is 9.03. The van der Waals surface area contributed by atoms with Gasteiger partial charge in [0, 0.05) is 50.8 Å². The lowest BCUT2D eigenvalue weighted by Gasteiger charge is -2.43. The summed E-state index contributed by atoms with van der Waals surface area (Å²) < 4.78 is 26.5. The third-order valence-corrected chi connectivity index (χ3v) is 6.87. The maximum Gasteiger partial charge on any atom is 0.225 e. The van der Waals surface area contributed by atoms with Gasteiger partial charge in [-0.1, -0.05) is 0 Å². The van der Waals surface area contributed by atoms with E-state index in [1.807, 2.05) is 15.7 Å². The topological polar surface area (TPSA) is 101 Å². The number of fused-ring (bicyclic) bond motifs is 1. The molecule has 0 unspecified atom stereocenters. The number of imidazole rings is 1. The molecule has 0 aliphatic carbocycles. The van der Waals surface area contributed by atoms with Crippen molar-refractivity contribution in [3.05, 3.63) is 37.2 Å². The van der Waals surface area contributed by atoms with Crippen LogP contribution < -0.4 is 4.90 Å². The number of anilines is 1. The number of amides is 1. The van der Waals surface area contributed by atoms with Crippen LogP contribution in [0.25, 0.3) is 0 Å². The molecule has 4 heterocycles. The van der Waals surface area contributed by atoms with Gasteiger partial charge in [-0.2, -0.15) is 0 Å². The van der Waals surface area contributed by atoms with E-state index in [2.05, 4.69) is 15.0 Å². The Bertz CT molecular complexity index is 887. The van der Waals surface area contributed by atoms with E-state index in [1.54, 1.807) is 35.9 Å². The van der Waals surface area contributed by atoms with Crippen LogP contribution in [0.15, 0.2) is 37.2 Å². The van der Waals surface area contributed by atoms with Crippen LogP contribution in [0.2, 0.25) is 0 Å². The summed E-state index contributed by atoms with van der Waals surface area (Å²) >= 11 is 0. The van der Waals surface area contributed by atoms with E-state index < -0.39 is 9.84 Å². The summed E-state index contributed by atoms with van der Waals surface area (Å²) in [6, 6.07) is 1.10. The Morgan fingerprint density at radius 3 is 2.63 bits per heavy atom. The molecular weight excluding hydrogens is 368 g/mol. The Labute approximate surface area is 158 Å². The number of carbonyl (C=O) groups excluding carboxylic acids is 1. The molecule has 9 nitrogen and oxygen atoms in total. The first-order chi connectivity index (χ1) is 13.0. The number of piperazine rings is 1. The lowest BCUT2D eigenvalue weighted by Crippen LogP contribution is -2.61. The molecule has 2 aliphatic heterocycles. The van der Waals surface area contributed by atoms with Gasteiger partial charge in [0.05, 0.1) is 29.9 Å². The van der Waals surface area contributed by atoms with E-state index in [4.69, 9.17) is 0 Å². The highest BCUT2D eigenvalue weighted by Gasteiger charge is 2.48. The Kier molecular flexibility index (Phi) is 4.81. The number of aromatic nitrogens is 4. The van der Waals surface area contributed by atoms with E-state index in [9.17, 15) is 13.2 Å². The smallest absolute Gasteiger partial charge is 0.225 e. The van der Waals surface area contributed by atoms with Crippen molar-refractivity contribution >= 4 is 21.7 Å². The van der Waals surface area contributed by atoms with Gasteiger partial charge in [0.25, 0.3) is 0 Å². The fraction of sp³-hybridized carbons (Fsp3) is 0.529. The molecule has 2 aromatic rings. The molecular formula is C17H22N6O3S. The predicted octanol–water partition coefficient (Wildman–Crippen LogP) is -0.0323. The minimum absolute atomic E-state index is 0.00820. The van der Waals surface area contributed by atoms with Crippen molar-refractivity contribution < 1.29 is 13.2 Å². The second-order valence-corrected chi connectivity index (χ2v) is 9.10. The highest BCUT2D eigenvalue weighted by molar-refractivity contribution is 7.91. The Balaban J connectivity index is 1.46. The van der Waals surface area contributed by atoms with Crippen LogP contribution in [-0.2, 0) is 21.2 Å². The van der Waals surface area contributed by atoms with Crippen molar-refractivity contribution in [2.45, 2.75) is 31.5 Å². The highest BCUT2D eigenvalue weighted by atomic mass is 32.2. The van der Waals surface area contributed by atoms with Crippen LogP contribution in [0.3, 0.4) is 0 Å². The molecule has 10 heteroatoms. The van der Waals surface area contributed by atoms with Gasteiger partial charge >= 0.3 is 0 Å². The molecule has 2 aliphatic rings. The lowest BCUT2D eigenvalue weighted by molar-refractivity contribution is -0.134. The molecule has 0 spiro atoms. The fourth-order valence-corrected chi connectivity index (χ4v) is 5.91. The monoisotopic (exact) mass is 390 g/mol. The summed E-state index contributed by atoms with van der Waals surface area (Å²) in [7, 11) is -3.20. The first kappa shape index (κ1) is 17.9. The summed E-state index contributed by atoms with van der Waals surface area (Å²) in [6.07, 6.45) is 9.68. The fourth-order valence-electron chi connectivity index (χ4n) is 3.93. The number of sulfone groups is 1. The summed E-state index contributed by atoms with van der Waals surface area (Å²) in [4.78, 5) is 29.0. The molecule has 0 aromatic carbocycles. The molecule has 2 aromatic heterocycles. The summed E-state index contributed by atoms with van der Waals surface area (Å²) in [6.45, 7) is 1.74. The molecule has 2 atom stereocenters. The number of hydrogen-bond donors (Lipinski definition) is 0. The lowest BCUT2D eigenvalue weighted by atomic mass is 10.0. The SMILES string of the molecule is O=C(CCCn1ccnc1)N1CCN(c2ncccn2)[C@@H]2CS(=O)(=O)C[C@@H]21. The van der Waals surface area contributed by atoms with Gasteiger partial charge in [-0.25, -0.2) is 23.4 Å². The minimum Gasteiger partial charge on any atom is -0.337 e. The molecule has 2 fully saturated rings. The molecule has 2 saturated heterocycles. The number of aryl methyl sites for hydroxylation is 1. The standard InChI is InChI=1S/C17H22N6O3S/c24-16(3-1-7-21-8-6-18-13-21)22-9-10-23(17-19-4-2-5-20-17)15-12-27(25,26)11-14(15)22/h2,4-6,8,13-15H,1,3,7,9-12H2/t14-,15+/m0/s1. The van der Waals surface area contributed by atoms with Gasteiger partial charge < -0.3 is 14.4 Å². The molecule has 27 heavy (non-hydrogen) atoms. The average molecular weight is 390 g/mol. The van der Waals surface area contributed by atoms with Gasteiger partial charge in [0.2, 0.25) is 11.9 Å². The van der Waals surface area contributed by atoms with Gasteiger partial charge in [0.1, 0.15) is 0 Å². The number of nitrogens with zero attached hydrogens (tertiary/aromatic N) is 6. The first-order valence-corrected chi connectivity index (χ1v) is 10.8. The maximum absolute atomic E-state index is 12.8. The van der Waals surface area contributed by atoms with Crippen LogP contribution in [0, 0.1) is 0 Å². The van der Waals surface area contributed by atoms with Crippen LogP contribution in [-0.4, -0.2) is 75.4 Å². The molecule has 4 rings (SSSR count). The van der Waals surface area contributed by atoms with Gasteiger partial charge in [-0.05, 0) is 12.5 Å². The Morgan fingerprint density at radius 1 is 1.11 bits per heavy atom. The molecule has 0 N–H and O–H groups in total. The second kappa shape index (κ2) is 7.26. The van der Waals surface area contributed by atoms with Crippen molar-refractivity contribution in [3.63, 3.8) is 0 Å². The number of rotatable bonds is 5. The highest BCUT2D eigenvalue weighted by Crippen LogP contribution is 2.29. The quantitative estimate of drug-likeness (QED) is 0.706. The van der Waals surface area contributed by atoms with Gasteiger partial charge in [-0.3, -0.25) is 4.79 Å². The Morgan fingerprint density at radius 2 is 1.89 bits per heavy atom. The predicted molar refractivity (Wildman–Crippen MR) is 98.8 cm³/mol. The maximum atomic E-state index is 12.8. The van der Waals surface area contributed by atoms with E-state index in [0.717, 1.165) is 6.54 Å². The van der Waals surface area contributed by atoms with Crippen LogP contribution in [0.4, 0.5) is 5.95 Å². The molecule has 0 radical (unpaired) electrons. The number of carbonyl (C=O) groups is 1. The Hall–Kier alpha value is -2.49. The van der Waals surface area contributed by atoms with Crippen molar-refractivity contribution in [2.24, 2.45) is 0 Å². The van der Waals surface area contributed by atoms with Crippen LogP contribution in [0.1, 0.15) is 12.8 Å². The molecule has 1 amide bonds. The zero-order chi connectivity index (χ0) is 18.9. The number of hydrogen-bond acceptors (Lipinski definition) is 7. The van der Waals surface area contributed by atoms with Gasteiger partial charge in [-0.15, -0.1) is 0 Å². The average Bonchev–Trinajstić information content (AvgIpc) is 3.27.